The molecular weight excluding hydrogens is 441 g/mol. The van der Waals surface area contributed by atoms with Gasteiger partial charge in [0.2, 0.25) is 5.60 Å². The molecule has 3 aromatic rings. The second kappa shape index (κ2) is 12.1. The average molecular weight is 471 g/mol. The van der Waals surface area contributed by atoms with Crippen LogP contribution in [0.4, 0.5) is 0 Å². The largest absolute Gasteiger partial charge is 0.464 e. The molecule has 1 heterocycles. The van der Waals surface area contributed by atoms with E-state index in [0.717, 1.165) is 21.5 Å². The maximum absolute atomic E-state index is 13.2. The van der Waals surface area contributed by atoms with Gasteiger partial charge in [-0.25, -0.2) is 9.78 Å². The maximum Gasteiger partial charge on any atom is 0.343 e. The van der Waals surface area contributed by atoms with Gasteiger partial charge in [-0.1, -0.05) is 59.2 Å². The van der Waals surface area contributed by atoms with Gasteiger partial charge in [-0.2, -0.15) is 0 Å². The number of benzene rings is 2. The highest BCUT2D eigenvalue weighted by molar-refractivity contribution is 7.99. The van der Waals surface area contributed by atoms with Crippen LogP contribution in [-0.2, 0) is 25.3 Å². The van der Waals surface area contributed by atoms with E-state index in [0.29, 0.717) is 18.8 Å². The van der Waals surface area contributed by atoms with Gasteiger partial charge in [0.25, 0.3) is 0 Å². The zero-order valence-electron chi connectivity index (χ0n) is 18.5. The van der Waals surface area contributed by atoms with Gasteiger partial charge in [-0.3, -0.25) is 0 Å². The molecule has 0 radical (unpaired) electrons. The van der Waals surface area contributed by atoms with Crippen molar-refractivity contribution in [1.29, 1.82) is 0 Å². The van der Waals surface area contributed by atoms with Crippen LogP contribution in [0.1, 0.15) is 19.4 Å². The Kier molecular flexibility index (Phi) is 9.22. The summed E-state index contributed by atoms with van der Waals surface area (Å²) < 4.78 is 23.3. The number of hydrogen-bond acceptors (Lipinski definition) is 6. The SMILES string of the molecule is CCOC(=O)C(C[PH+]=O)(OCC)C(CSc1ccc2ccccc2n1)Cc1ccccc1. The molecule has 7 heteroatoms. The lowest BCUT2D eigenvalue weighted by Gasteiger charge is -2.35. The fourth-order valence-electron chi connectivity index (χ4n) is 3.80. The fraction of sp³-hybridized carbons (Fsp3) is 0.360. The van der Waals surface area contributed by atoms with Crippen LogP contribution in [0.2, 0.25) is 0 Å². The van der Waals surface area contributed by atoms with Gasteiger partial charge in [-0.05, 0) is 38.0 Å². The molecule has 3 unspecified atom stereocenters. The Morgan fingerprint density at radius 1 is 1.03 bits per heavy atom. The topological polar surface area (TPSA) is 65.5 Å². The predicted molar refractivity (Wildman–Crippen MR) is 131 cm³/mol. The van der Waals surface area contributed by atoms with Crippen molar-refractivity contribution in [3.8, 4) is 0 Å². The summed E-state index contributed by atoms with van der Waals surface area (Å²) in [5.74, 6) is -0.120. The summed E-state index contributed by atoms with van der Waals surface area (Å²) in [6, 6.07) is 22.0. The number of carbonyl (C=O) groups excluding carboxylic acids is 1. The summed E-state index contributed by atoms with van der Waals surface area (Å²) in [5, 5.41) is 1.96. The number of fused-ring (bicyclic) bond motifs is 1. The third-order valence-electron chi connectivity index (χ3n) is 5.35. The number of esters is 1. The molecule has 1 aromatic heterocycles. The Morgan fingerprint density at radius 3 is 2.50 bits per heavy atom. The third-order valence-corrected chi connectivity index (χ3v) is 7.11. The second-order valence-electron chi connectivity index (χ2n) is 7.40. The molecule has 0 bridgehead atoms. The Bertz CT molecular complexity index is 1030. The first-order valence-corrected chi connectivity index (χ1v) is 12.9. The molecule has 0 saturated carbocycles. The lowest BCUT2D eigenvalue weighted by molar-refractivity contribution is -0.175. The number of hydrogen-bond donors (Lipinski definition) is 0. The Hall–Kier alpha value is -2.27. The molecule has 3 rings (SSSR count). The van der Waals surface area contributed by atoms with E-state index in [9.17, 15) is 9.36 Å². The molecule has 5 nitrogen and oxygen atoms in total. The number of nitrogens with zero attached hydrogens (tertiary/aromatic N) is 1. The monoisotopic (exact) mass is 470 g/mol. The lowest BCUT2D eigenvalue weighted by atomic mass is 9.84. The van der Waals surface area contributed by atoms with Crippen LogP contribution in [0.5, 0.6) is 0 Å². The van der Waals surface area contributed by atoms with Crippen molar-refractivity contribution in [3.63, 3.8) is 0 Å². The molecule has 168 valence electrons. The van der Waals surface area contributed by atoms with Crippen LogP contribution < -0.4 is 0 Å². The Balaban J connectivity index is 1.94. The summed E-state index contributed by atoms with van der Waals surface area (Å²) in [5.41, 5.74) is 0.747. The molecule has 32 heavy (non-hydrogen) atoms. The number of ether oxygens (including phenoxy) is 2. The van der Waals surface area contributed by atoms with Crippen molar-refractivity contribution in [2.75, 3.05) is 25.1 Å². The van der Waals surface area contributed by atoms with Crippen LogP contribution in [0.3, 0.4) is 0 Å². The summed E-state index contributed by atoms with van der Waals surface area (Å²) >= 11 is 1.58. The number of pyridine rings is 1. The molecule has 3 atom stereocenters. The molecule has 0 aliphatic carbocycles. The van der Waals surface area contributed by atoms with E-state index >= 15 is 0 Å². The minimum absolute atomic E-state index is 0.100. The first-order chi connectivity index (χ1) is 15.6. The zero-order chi connectivity index (χ0) is 22.8. The standard InChI is InChI=1S/C25H28NO4PS/c1-3-29-24(27)25(18-31-28,30-4-2)21(16-19-10-6-5-7-11-19)17-32-23-15-14-20-12-8-9-13-22(20)26-23/h5-15,21H,3-4,16-18H2,1-2H3/p+1. The van der Waals surface area contributed by atoms with Gasteiger partial charge < -0.3 is 9.47 Å². The number of thioether (sulfide) groups is 1. The first kappa shape index (κ1) is 24.4. The molecule has 0 N–H and O–H groups in total. The second-order valence-corrected chi connectivity index (χ2v) is 9.09. The highest BCUT2D eigenvalue weighted by Crippen LogP contribution is 2.35. The molecule has 0 fully saturated rings. The quantitative estimate of drug-likeness (QED) is 0.197. The van der Waals surface area contributed by atoms with E-state index in [1.807, 2.05) is 67.6 Å². The smallest absolute Gasteiger partial charge is 0.343 e. The van der Waals surface area contributed by atoms with E-state index in [-0.39, 0.29) is 18.7 Å². The van der Waals surface area contributed by atoms with Crippen LogP contribution in [0, 0.1) is 5.92 Å². The minimum Gasteiger partial charge on any atom is -0.464 e. The van der Waals surface area contributed by atoms with Crippen molar-refractivity contribution >= 4 is 37.1 Å². The summed E-state index contributed by atoms with van der Waals surface area (Å²) in [4.78, 5) is 17.9. The molecule has 0 aliphatic heterocycles. The van der Waals surface area contributed by atoms with Gasteiger partial charge in [0.1, 0.15) is 0 Å². The molecule has 2 aromatic carbocycles. The van der Waals surface area contributed by atoms with Crippen LogP contribution in [-0.4, -0.2) is 41.7 Å². The van der Waals surface area contributed by atoms with Crippen molar-refractivity contribution in [3.05, 3.63) is 72.3 Å². The normalized spacial score (nSPS) is 14.2. The summed E-state index contributed by atoms with van der Waals surface area (Å²) in [7, 11) is -0.673. The number of carbonyl (C=O) groups is 1. The average Bonchev–Trinajstić information content (AvgIpc) is 2.82. The Labute approximate surface area is 195 Å². The van der Waals surface area contributed by atoms with Gasteiger partial charge in [0.15, 0.2) is 6.16 Å². The minimum atomic E-state index is -1.27. The van der Waals surface area contributed by atoms with Crippen molar-refractivity contribution in [2.45, 2.75) is 30.9 Å². The maximum atomic E-state index is 13.2. The van der Waals surface area contributed by atoms with Crippen molar-refractivity contribution in [1.82, 2.24) is 4.98 Å². The summed E-state index contributed by atoms with van der Waals surface area (Å²) in [6.07, 6.45) is 0.702. The molecule has 0 saturated heterocycles. The highest BCUT2D eigenvalue weighted by Gasteiger charge is 2.51. The van der Waals surface area contributed by atoms with E-state index in [1.165, 1.54) is 0 Å². The number of rotatable bonds is 12. The fourth-order valence-corrected chi connectivity index (χ4v) is 5.64. The molecule has 0 spiro atoms. The van der Waals surface area contributed by atoms with Crippen LogP contribution in [0.15, 0.2) is 71.8 Å². The lowest BCUT2D eigenvalue weighted by Crippen LogP contribution is -2.53. The van der Waals surface area contributed by atoms with Gasteiger partial charge >= 0.3 is 14.4 Å². The van der Waals surface area contributed by atoms with Crippen LogP contribution in [0.25, 0.3) is 10.9 Å². The van der Waals surface area contributed by atoms with E-state index in [2.05, 4.69) is 6.07 Å². The van der Waals surface area contributed by atoms with Crippen molar-refractivity contribution in [2.24, 2.45) is 5.92 Å². The highest BCUT2D eigenvalue weighted by atomic mass is 32.2. The Morgan fingerprint density at radius 2 is 1.78 bits per heavy atom. The van der Waals surface area contributed by atoms with Gasteiger partial charge in [-0.15, -0.1) is 11.8 Å². The van der Waals surface area contributed by atoms with Gasteiger partial charge in [0.05, 0.1) is 17.1 Å². The first-order valence-electron chi connectivity index (χ1n) is 10.8. The van der Waals surface area contributed by atoms with Crippen molar-refractivity contribution < 1.29 is 18.8 Å². The van der Waals surface area contributed by atoms with E-state index in [1.54, 1.807) is 18.7 Å². The predicted octanol–water partition coefficient (Wildman–Crippen LogP) is 5.55. The molecule has 0 aliphatic rings. The summed E-state index contributed by atoms with van der Waals surface area (Å²) in [6.45, 7) is 4.19. The van der Waals surface area contributed by atoms with E-state index in [4.69, 9.17) is 14.5 Å². The molecule has 0 amide bonds. The molecular formula is C25H29NO4PS+. The zero-order valence-corrected chi connectivity index (χ0v) is 20.3. The van der Waals surface area contributed by atoms with Crippen LogP contribution >= 0.6 is 20.2 Å². The van der Waals surface area contributed by atoms with E-state index < -0.39 is 20.0 Å². The number of aromatic nitrogens is 1. The number of para-hydroxylation sites is 1. The van der Waals surface area contributed by atoms with Gasteiger partial charge in [0, 0.05) is 23.7 Å². The third kappa shape index (κ3) is 5.94.